The molecule has 0 spiro atoms. The molecule has 34 heavy (non-hydrogen) atoms. The molecule has 3 aliphatic rings. The summed E-state index contributed by atoms with van der Waals surface area (Å²) < 4.78 is 16.4. The SMILES string of the molecule is CCOc1ccc([C@H]2C(C(=O)OC3CCCC3)=C(C)NC3=C2C(=O)[C@@H](C(=O)OC)[C@@H](C)C3)cc1. The number of methoxy groups -OCH3 is 1. The first kappa shape index (κ1) is 24.0. The Kier molecular flexibility index (Phi) is 7.10. The van der Waals surface area contributed by atoms with Crippen molar-refractivity contribution in [3.63, 3.8) is 0 Å². The van der Waals surface area contributed by atoms with Gasteiger partial charge < -0.3 is 19.5 Å². The van der Waals surface area contributed by atoms with E-state index in [-0.39, 0.29) is 17.8 Å². The predicted octanol–water partition coefficient (Wildman–Crippen LogP) is 4.18. The standard InChI is InChI=1S/C27H33NO6/c1-5-33-18-12-10-17(11-13-18)23-22(27(31)34-19-8-6-7-9-19)16(3)28-20-14-15(2)21(26(30)32-4)25(29)24(20)23/h10-13,15,19,21,23,28H,5-9,14H2,1-4H3/t15-,21-,23-/m0/s1. The number of nitrogens with one attached hydrogen (secondary N) is 1. The van der Waals surface area contributed by atoms with E-state index in [1.165, 1.54) is 7.11 Å². The second kappa shape index (κ2) is 10.0. The fourth-order valence-electron chi connectivity index (χ4n) is 5.43. The van der Waals surface area contributed by atoms with Crippen molar-refractivity contribution in [3.8, 4) is 5.75 Å². The van der Waals surface area contributed by atoms with Gasteiger partial charge in [0.1, 0.15) is 17.8 Å². The molecule has 1 heterocycles. The predicted molar refractivity (Wildman–Crippen MR) is 126 cm³/mol. The highest BCUT2D eigenvalue weighted by atomic mass is 16.5. The van der Waals surface area contributed by atoms with Crippen molar-refractivity contribution in [1.82, 2.24) is 5.32 Å². The molecule has 0 saturated heterocycles. The van der Waals surface area contributed by atoms with Gasteiger partial charge in [0.05, 0.1) is 19.3 Å². The molecule has 4 rings (SSSR count). The normalized spacial score (nSPS) is 25.1. The Balaban J connectivity index is 1.78. The average Bonchev–Trinajstić information content (AvgIpc) is 3.31. The van der Waals surface area contributed by atoms with Crippen LogP contribution in [0.3, 0.4) is 0 Å². The van der Waals surface area contributed by atoms with E-state index < -0.39 is 23.8 Å². The summed E-state index contributed by atoms with van der Waals surface area (Å²) in [6.45, 7) is 6.17. The summed E-state index contributed by atoms with van der Waals surface area (Å²) in [5.74, 6) is -2.30. The summed E-state index contributed by atoms with van der Waals surface area (Å²) >= 11 is 0. The molecular weight excluding hydrogens is 434 g/mol. The Morgan fingerprint density at radius 1 is 1.12 bits per heavy atom. The van der Waals surface area contributed by atoms with Gasteiger partial charge in [-0.1, -0.05) is 19.1 Å². The summed E-state index contributed by atoms with van der Waals surface area (Å²) in [6.07, 6.45) is 4.21. The van der Waals surface area contributed by atoms with Crippen LogP contribution in [-0.2, 0) is 23.9 Å². The van der Waals surface area contributed by atoms with Crippen molar-refractivity contribution in [1.29, 1.82) is 0 Å². The van der Waals surface area contributed by atoms with E-state index >= 15 is 0 Å². The van der Waals surface area contributed by atoms with Crippen LogP contribution in [0.25, 0.3) is 0 Å². The molecule has 182 valence electrons. The molecule has 7 heteroatoms. The summed E-state index contributed by atoms with van der Waals surface area (Å²) in [5, 5.41) is 3.30. The molecular formula is C27H33NO6. The second-order valence-electron chi connectivity index (χ2n) is 9.35. The lowest BCUT2D eigenvalue weighted by Crippen LogP contribution is -2.43. The lowest BCUT2D eigenvalue weighted by atomic mass is 9.69. The molecule has 7 nitrogen and oxygen atoms in total. The van der Waals surface area contributed by atoms with E-state index in [1.807, 2.05) is 45.0 Å². The minimum atomic E-state index is -0.902. The van der Waals surface area contributed by atoms with Gasteiger partial charge in [-0.2, -0.15) is 0 Å². The van der Waals surface area contributed by atoms with Gasteiger partial charge in [0, 0.05) is 22.9 Å². The fraction of sp³-hybridized carbons (Fsp3) is 0.519. The van der Waals surface area contributed by atoms with Crippen LogP contribution in [-0.4, -0.2) is 37.5 Å². The van der Waals surface area contributed by atoms with E-state index in [0.29, 0.717) is 35.6 Å². The smallest absolute Gasteiger partial charge is 0.337 e. The minimum Gasteiger partial charge on any atom is -0.494 e. The first-order chi connectivity index (χ1) is 16.3. The molecule has 0 amide bonds. The van der Waals surface area contributed by atoms with Crippen molar-refractivity contribution in [2.75, 3.05) is 13.7 Å². The molecule has 0 unspecified atom stereocenters. The Labute approximate surface area is 200 Å². The fourth-order valence-corrected chi connectivity index (χ4v) is 5.43. The summed E-state index contributed by atoms with van der Waals surface area (Å²) in [6, 6.07) is 7.43. The monoisotopic (exact) mass is 467 g/mol. The van der Waals surface area contributed by atoms with Crippen LogP contribution in [0.15, 0.2) is 46.8 Å². The summed E-state index contributed by atoms with van der Waals surface area (Å²) in [4.78, 5) is 39.7. The van der Waals surface area contributed by atoms with Gasteiger partial charge in [-0.15, -0.1) is 0 Å². The number of Topliss-reactive ketones (excluding diaryl/α,β-unsaturated/α-hetero) is 1. The number of ketones is 1. The first-order valence-electron chi connectivity index (χ1n) is 12.1. The number of rotatable bonds is 6. The Morgan fingerprint density at radius 2 is 1.79 bits per heavy atom. The van der Waals surface area contributed by atoms with Crippen LogP contribution < -0.4 is 10.1 Å². The van der Waals surface area contributed by atoms with Gasteiger partial charge in [-0.3, -0.25) is 9.59 Å². The van der Waals surface area contributed by atoms with Gasteiger partial charge in [0.15, 0.2) is 5.78 Å². The topological polar surface area (TPSA) is 90.9 Å². The molecule has 2 aliphatic carbocycles. The maximum atomic E-state index is 13.7. The minimum absolute atomic E-state index is 0.103. The lowest BCUT2D eigenvalue weighted by molar-refractivity contribution is -0.151. The highest BCUT2D eigenvalue weighted by molar-refractivity contribution is 6.12. The van der Waals surface area contributed by atoms with E-state index in [1.54, 1.807) is 0 Å². The molecule has 1 aromatic rings. The molecule has 0 radical (unpaired) electrons. The van der Waals surface area contributed by atoms with Crippen LogP contribution in [0.5, 0.6) is 5.75 Å². The number of dihydropyridines is 1. The summed E-state index contributed by atoms with van der Waals surface area (Å²) in [5.41, 5.74) is 3.08. The van der Waals surface area contributed by atoms with E-state index in [2.05, 4.69) is 5.32 Å². The van der Waals surface area contributed by atoms with Crippen LogP contribution in [0, 0.1) is 11.8 Å². The Bertz CT molecular complexity index is 1030. The third kappa shape index (κ3) is 4.48. The maximum Gasteiger partial charge on any atom is 0.337 e. The molecule has 3 atom stereocenters. The van der Waals surface area contributed by atoms with E-state index in [0.717, 1.165) is 36.9 Å². The third-order valence-corrected chi connectivity index (χ3v) is 7.06. The summed E-state index contributed by atoms with van der Waals surface area (Å²) in [7, 11) is 1.30. The molecule has 1 aromatic carbocycles. The maximum absolute atomic E-state index is 13.7. The highest BCUT2D eigenvalue weighted by Crippen LogP contribution is 2.46. The average molecular weight is 468 g/mol. The van der Waals surface area contributed by atoms with Gasteiger partial charge in [-0.25, -0.2) is 4.79 Å². The van der Waals surface area contributed by atoms with Crippen LogP contribution >= 0.6 is 0 Å². The quantitative estimate of drug-likeness (QED) is 0.496. The number of benzene rings is 1. The zero-order valence-corrected chi connectivity index (χ0v) is 20.3. The van der Waals surface area contributed by atoms with Crippen LogP contribution in [0.1, 0.15) is 64.4 Å². The Hall–Kier alpha value is -3.09. The number of allylic oxidation sites excluding steroid dienone is 3. The van der Waals surface area contributed by atoms with E-state index in [9.17, 15) is 14.4 Å². The van der Waals surface area contributed by atoms with Gasteiger partial charge >= 0.3 is 11.9 Å². The van der Waals surface area contributed by atoms with Gasteiger partial charge in [-0.05, 0) is 69.6 Å². The van der Waals surface area contributed by atoms with Crippen molar-refractivity contribution >= 4 is 17.7 Å². The van der Waals surface area contributed by atoms with E-state index in [4.69, 9.17) is 14.2 Å². The van der Waals surface area contributed by atoms with Crippen molar-refractivity contribution in [2.24, 2.45) is 11.8 Å². The largest absolute Gasteiger partial charge is 0.494 e. The second-order valence-corrected chi connectivity index (χ2v) is 9.35. The zero-order valence-electron chi connectivity index (χ0n) is 20.3. The number of hydrogen-bond donors (Lipinski definition) is 1. The molecule has 0 bridgehead atoms. The van der Waals surface area contributed by atoms with Crippen molar-refractivity contribution in [3.05, 3.63) is 52.4 Å². The number of esters is 2. The lowest BCUT2D eigenvalue weighted by Gasteiger charge is -2.38. The first-order valence-corrected chi connectivity index (χ1v) is 12.1. The molecule has 1 saturated carbocycles. The number of ether oxygens (including phenoxy) is 3. The van der Waals surface area contributed by atoms with Gasteiger partial charge in [0.2, 0.25) is 0 Å². The third-order valence-electron chi connectivity index (χ3n) is 7.06. The number of hydrogen-bond acceptors (Lipinski definition) is 7. The van der Waals surface area contributed by atoms with Crippen LogP contribution in [0.2, 0.25) is 0 Å². The molecule has 0 aromatic heterocycles. The van der Waals surface area contributed by atoms with Gasteiger partial charge in [0.25, 0.3) is 0 Å². The van der Waals surface area contributed by atoms with Crippen molar-refractivity contribution < 1.29 is 28.6 Å². The number of carbonyl (C=O) groups is 3. The molecule has 1 N–H and O–H groups in total. The van der Waals surface area contributed by atoms with Crippen molar-refractivity contribution in [2.45, 2.75) is 64.9 Å². The molecule has 1 aliphatic heterocycles. The Morgan fingerprint density at radius 3 is 2.41 bits per heavy atom. The van der Waals surface area contributed by atoms with Crippen LogP contribution in [0.4, 0.5) is 0 Å². The number of carbonyl (C=O) groups excluding carboxylic acids is 3. The molecule has 1 fully saturated rings. The highest BCUT2D eigenvalue weighted by Gasteiger charge is 2.47. The zero-order chi connectivity index (χ0) is 24.4.